The fraction of sp³-hybridized carbons (Fsp3) is 0.537. The molecule has 137 heavy (non-hydrogen) atoms. The summed E-state index contributed by atoms with van der Waals surface area (Å²) in [6.45, 7) is 55.3. The van der Waals surface area contributed by atoms with Crippen molar-refractivity contribution in [1.29, 1.82) is 0 Å². The summed E-state index contributed by atoms with van der Waals surface area (Å²) in [4.78, 5) is 15.7. The molecule has 7 aromatic carbocycles. The van der Waals surface area contributed by atoms with Gasteiger partial charge in [0, 0.05) is 225 Å². The van der Waals surface area contributed by atoms with Crippen LogP contribution in [0.4, 0.5) is 0 Å². The first-order valence-electron chi connectivity index (χ1n) is 50.2. The molecule has 0 bridgehead atoms. The minimum atomic E-state index is 0.0546. The molecule has 16 heteroatoms. The fourth-order valence-corrected chi connectivity index (χ4v) is 19.2. The lowest BCUT2D eigenvalue weighted by atomic mass is 9.83. The molecule has 7 heterocycles. The number of benzene rings is 7. The molecule has 0 atom stereocenters. The minimum absolute atomic E-state index is 0.0546. The highest BCUT2D eigenvalue weighted by atomic mass is 16.5. The first-order chi connectivity index (χ1) is 63.5. The van der Waals surface area contributed by atoms with Crippen LogP contribution in [0.25, 0.3) is 76.3 Å². The SMILES string of the molecule is CN(C)CCc1c(C(C)(C)C)n(C)c2ccccc12.CN(C)CCc1cn(C)c2c(C(C)(C)C)cccc12.CN(C)CCc1cn(C)c2cc(C(C)(C)C)ccc12.CN(C)CCc1cn(C)c2ccc(C(C)(C)C)cc12.CN(C)CCc1cn(C)c2cccc(C(C)(C)C)c12.COc1cc2c(CCN(C)C)cn(C)c2cc1C(C)(C)C.COc1ccc2c(c(CCN(C)C)cn2C)c1C(C)(C)C. The van der Waals surface area contributed by atoms with Crippen molar-refractivity contribution >= 4 is 76.3 Å². The van der Waals surface area contributed by atoms with E-state index in [1.165, 1.54) is 154 Å². The summed E-state index contributed by atoms with van der Waals surface area (Å²) in [6, 6.07) is 44.7. The number of hydrogen-bond acceptors (Lipinski definition) is 9. The number of ether oxygens (including phenoxy) is 2. The number of hydrogen-bond donors (Lipinski definition) is 0. The second kappa shape index (κ2) is 46.8. The minimum Gasteiger partial charge on any atom is -0.496 e. The summed E-state index contributed by atoms with van der Waals surface area (Å²) in [7, 11) is 48.4. The highest BCUT2D eigenvalue weighted by Gasteiger charge is 2.30. The first kappa shape index (κ1) is 113. The normalized spacial score (nSPS) is 12.5. The van der Waals surface area contributed by atoms with Crippen LogP contribution in [0.2, 0.25) is 0 Å². The van der Waals surface area contributed by atoms with Gasteiger partial charge in [0.05, 0.1) is 19.7 Å². The van der Waals surface area contributed by atoms with Gasteiger partial charge in [-0.3, -0.25) is 0 Å². The third-order valence-electron chi connectivity index (χ3n) is 26.7. The monoisotopic (exact) mass is 1870 g/mol. The van der Waals surface area contributed by atoms with Crippen molar-refractivity contribution in [3.63, 3.8) is 0 Å². The van der Waals surface area contributed by atoms with Gasteiger partial charge in [-0.25, -0.2) is 0 Å². The third kappa shape index (κ3) is 29.6. The molecule has 0 saturated heterocycles. The van der Waals surface area contributed by atoms with Crippen LogP contribution < -0.4 is 9.47 Å². The Morgan fingerprint density at radius 2 is 0.599 bits per heavy atom. The van der Waals surface area contributed by atoms with Gasteiger partial charge < -0.3 is 75.7 Å². The van der Waals surface area contributed by atoms with Crippen molar-refractivity contribution < 1.29 is 9.47 Å². The molecule has 16 nitrogen and oxygen atoms in total. The van der Waals surface area contributed by atoms with E-state index in [-0.39, 0.29) is 37.9 Å². The predicted octanol–water partition coefficient (Wildman–Crippen LogP) is 25.1. The molecule has 14 aromatic rings. The number of aryl methyl sites for hydroxylation is 7. The average Bonchev–Trinajstić information content (AvgIpc) is 1.62. The highest BCUT2D eigenvalue weighted by molar-refractivity contribution is 5.93. The highest BCUT2D eigenvalue weighted by Crippen LogP contribution is 2.43. The van der Waals surface area contributed by atoms with Crippen molar-refractivity contribution in [2.24, 2.45) is 49.3 Å². The standard InChI is InChI=1S/2C18H28N2O.5C17H26N2/c1-18(2,3)15-11-16-14(10-17(15)21-7)13(12-20(16)6)8-9-19(4)5;1-18(2,3)17-15(21-7)9-8-14-16(17)13(12-20(14)6)10-11-19(4)5;1-17(2,3)14-7-8-16-15(11-14)13(12-19(16)6)9-10-18(4)5;1-17(2,3)14-7-8-15-13(9-10-18(4)5)12-19(6)16(15)11-14;1-17(2,3)14-8-7-9-15-16(14)13(12-19(15)6)10-11-18(4)5;1-17(2,3)15-9-7-8-14-13(10-11-18(4)5)12-19(6)16(14)15;1-17(2,3)16-14(11-12-18(4)5)13-9-7-8-10-15(13)19(16)6/h10-12H,8-9H2,1-7H3;8-9,12H,10-11H2,1-7H3;2*7-8,11-12H,9-10H2,1-6H3;2*7-9,12H,10-11H2,1-6H3;7-10H,11-12H2,1-6H3. The predicted molar refractivity (Wildman–Crippen MR) is 600 cm³/mol. The summed E-state index contributed by atoms with van der Waals surface area (Å²) in [6.07, 6.45) is 21.3. The van der Waals surface area contributed by atoms with Crippen LogP contribution in [0.3, 0.4) is 0 Å². The van der Waals surface area contributed by atoms with Crippen molar-refractivity contribution in [3.05, 3.63) is 237 Å². The zero-order valence-corrected chi connectivity index (χ0v) is 94.5. The van der Waals surface area contributed by atoms with Gasteiger partial charge in [0.25, 0.3) is 0 Å². The topological polar surface area (TPSA) is 75.7 Å². The van der Waals surface area contributed by atoms with E-state index in [1.807, 2.05) is 0 Å². The molecular formula is C121H186N14O2. The zero-order valence-electron chi connectivity index (χ0n) is 94.5. The van der Waals surface area contributed by atoms with Crippen molar-refractivity contribution in [2.75, 3.05) is 159 Å². The molecule has 14 rings (SSSR count). The third-order valence-corrected chi connectivity index (χ3v) is 26.7. The molecule has 0 fully saturated rings. The quantitative estimate of drug-likeness (QED) is 0.0622. The Kier molecular flexibility index (Phi) is 38.6. The van der Waals surface area contributed by atoms with Crippen LogP contribution in [0, 0.1) is 0 Å². The molecule has 0 aliphatic rings. The number of likely N-dealkylation sites (N-methyl/N-ethyl adjacent to an activating group) is 7. The Bertz CT molecular complexity index is 6220. The van der Waals surface area contributed by atoms with Gasteiger partial charge in [-0.15, -0.1) is 0 Å². The maximum absolute atomic E-state index is 5.65. The number of fused-ring (bicyclic) bond motifs is 7. The molecule has 0 spiro atoms. The number of nitrogens with zero attached hydrogens (tertiary/aromatic N) is 14. The molecule has 0 aliphatic heterocycles. The smallest absolute Gasteiger partial charge is 0.123 e. The Morgan fingerprint density at radius 1 is 0.248 bits per heavy atom. The summed E-state index contributed by atoms with van der Waals surface area (Å²) in [5.41, 5.74) is 30.3. The summed E-state index contributed by atoms with van der Waals surface area (Å²) in [5, 5.41) is 9.78. The fourth-order valence-electron chi connectivity index (χ4n) is 19.2. The lowest BCUT2D eigenvalue weighted by molar-refractivity contribution is 0.398. The van der Waals surface area contributed by atoms with Crippen molar-refractivity contribution in [2.45, 2.75) is 228 Å². The molecule has 0 unspecified atom stereocenters. The van der Waals surface area contributed by atoms with Crippen LogP contribution in [-0.2, 0) is 132 Å². The van der Waals surface area contributed by atoms with Gasteiger partial charge in [-0.05, 0) is 292 Å². The van der Waals surface area contributed by atoms with Crippen LogP contribution in [0.5, 0.6) is 11.5 Å². The van der Waals surface area contributed by atoms with Gasteiger partial charge in [-0.1, -0.05) is 212 Å². The number of rotatable bonds is 23. The van der Waals surface area contributed by atoms with Crippen molar-refractivity contribution in [3.8, 4) is 11.5 Å². The second-order valence-electron chi connectivity index (χ2n) is 48.1. The van der Waals surface area contributed by atoms with Gasteiger partial charge in [-0.2, -0.15) is 0 Å². The maximum atomic E-state index is 5.65. The summed E-state index contributed by atoms with van der Waals surface area (Å²) >= 11 is 0. The molecular weight excluding hydrogens is 1680 g/mol. The van der Waals surface area contributed by atoms with Gasteiger partial charge in [0.15, 0.2) is 0 Å². The van der Waals surface area contributed by atoms with Gasteiger partial charge >= 0.3 is 0 Å². The summed E-state index contributed by atoms with van der Waals surface area (Å²) < 4.78 is 27.2. The van der Waals surface area contributed by atoms with Gasteiger partial charge in [0.2, 0.25) is 0 Å². The Morgan fingerprint density at radius 3 is 1.05 bits per heavy atom. The van der Waals surface area contributed by atoms with E-state index >= 15 is 0 Å². The summed E-state index contributed by atoms with van der Waals surface area (Å²) in [5.74, 6) is 1.99. The molecule has 0 aliphatic carbocycles. The number of methoxy groups -OCH3 is 2. The van der Waals surface area contributed by atoms with Crippen LogP contribution in [0.1, 0.15) is 223 Å². The molecule has 7 aromatic heterocycles. The number of aromatic nitrogens is 7. The Balaban J connectivity index is 0.000000196. The van der Waals surface area contributed by atoms with E-state index in [1.54, 1.807) is 14.2 Å². The molecule has 0 radical (unpaired) electrons. The first-order valence-corrected chi connectivity index (χ1v) is 50.2. The molecule has 0 amide bonds. The van der Waals surface area contributed by atoms with Crippen molar-refractivity contribution in [1.82, 2.24) is 66.3 Å². The maximum Gasteiger partial charge on any atom is 0.123 e. The molecule has 0 N–H and O–H groups in total. The van der Waals surface area contributed by atoms with E-state index < -0.39 is 0 Å². The van der Waals surface area contributed by atoms with Crippen LogP contribution >= 0.6 is 0 Å². The largest absolute Gasteiger partial charge is 0.496 e. The van der Waals surface area contributed by atoms with Gasteiger partial charge in [0.1, 0.15) is 11.5 Å². The molecule has 752 valence electrons. The lowest BCUT2D eigenvalue weighted by Gasteiger charge is -2.24. The van der Waals surface area contributed by atoms with E-state index in [4.69, 9.17) is 9.47 Å². The van der Waals surface area contributed by atoms with E-state index in [9.17, 15) is 0 Å². The van der Waals surface area contributed by atoms with Crippen LogP contribution in [0.15, 0.2) is 159 Å². The average molecular weight is 1870 g/mol. The van der Waals surface area contributed by atoms with Crippen LogP contribution in [-0.4, -0.2) is 225 Å². The van der Waals surface area contributed by atoms with E-state index in [2.05, 4.69) is 518 Å². The zero-order chi connectivity index (χ0) is 103. The Labute approximate surface area is 831 Å². The van der Waals surface area contributed by atoms with E-state index in [0.29, 0.717) is 0 Å². The van der Waals surface area contributed by atoms with E-state index in [0.717, 1.165) is 102 Å². The second-order valence-corrected chi connectivity index (χ2v) is 48.1. The lowest BCUT2D eigenvalue weighted by Crippen LogP contribution is -2.21. The number of para-hydroxylation sites is 2. The Hall–Kier alpha value is -9.36. The molecule has 0 saturated carbocycles.